The summed E-state index contributed by atoms with van der Waals surface area (Å²) in [6, 6.07) is 5.80. The standard InChI is InChI=1S/C21H25N3O3.2ClH/c1-13-18(17-6-7-22-9-16(17)10-23-13)11-24-21(25)15-8-14-4-3-5-19(26-2)20(14)27-12-15;;/h3-5,10,15,22H,6-9,11-12H2,1-2H3,(H,24,25);2*1H. The van der Waals surface area contributed by atoms with E-state index in [4.69, 9.17) is 9.47 Å². The zero-order valence-electron chi connectivity index (χ0n) is 16.6. The lowest BCUT2D eigenvalue weighted by Crippen LogP contribution is -2.37. The highest BCUT2D eigenvalue weighted by Gasteiger charge is 2.28. The van der Waals surface area contributed by atoms with Gasteiger partial charge >= 0.3 is 0 Å². The molecule has 2 aromatic rings. The van der Waals surface area contributed by atoms with E-state index in [9.17, 15) is 4.79 Å². The average molecular weight is 440 g/mol. The first-order chi connectivity index (χ1) is 13.2. The van der Waals surface area contributed by atoms with Crippen LogP contribution >= 0.6 is 24.8 Å². The number of aryl methyl sites for hydroxylation is 1. The fourth-order valence-corrected chi connectivity index (χ4v) is 3.92. The van der Waals surface area contributed by atoms with E-state index in [0.29, 0.717) is 19.6 Å². The molecule has 2 N–H and O–H groups in total. The van der Waals surface area contributed by atoms with Crippen LogP contribution in [0.4, 0.5) is 0 Å². The van der Waals surface area contributed by atoms with Gasteiger partial charge in [-0.25, -0.2) is 0 Å². The molecular formula is C21H27Cl2N3O3. The highest BCUT2D eigenvalue weighted by Crippen LogP contribution is 2.36. The van der Waals surface area contributed by atoms with Crippen molar-refractivity contribution in [2.75, 3.05) is 20.3 Å². The molecule has 29 heavy (non-hydrogen) atoms. The summed E-state index contributed by atoms with van der Waals surface area (Å²) in [5.74, 6) is 1.31. The van der Waals surface area contributed by atoms with Gasteiger partial charge in [0.2, 0.25) is 5.91 Å². The van der Waals surface area contributed by atoms with Gasteiger partial charge in [-0.2, -0.15) is 0 Å². The maximum atomic E-state index is 12.8. The van der Waals surface area contributed by atoms with E-state index in [1.54, 1.807) is 7.11 Å². The molecule has 3 heterocycles. The van der Waals surface area contributed by atoms with Gasteiger partial charge in [-0.1, -0.05) is 12.1 Å². The van der Waals surface area contributed by atoms with Gasteiger partial charge in [0.1, 0.15) is 6.61 Å². The van der Waals surface area contributed by atoms with E-state index < -0.39 is 0 Å². The average Bonchev–Trinajstić information content (AvgIpc) is 2.72. The SMILES string of the molecule is COc1cccc2c1OCC(C(=O)NCc1c(C)ncc3c1CCNC3)C2.Cl.Cl. The summed E-state index contributed by atoms with van der Waals surface area (Å²) in [5.41, 5.74) is 5.73. The van der Waals surface area contributed by atoms with Crippen LogP contribution in [0, 0.1) is 12.8 Å². The number of nitrogens with zero attached hydrogens (tertiary/aromatic N) is 1. The number of para-hydroxylation sites is 1. The molecule has 0 saturated heterocycles. The molecule has 0 spiro atoms. The third-order valence-corrected chi connectivity index (χ3v) is 5.46. The maximum absolute atomic E-state index is 12.8. The second kappa shape index (κ2) is 10.1. The first-order valence-corrected chi connectivity index (χ1v) is 9.40. The molecular weight excluding hydrogens is 413 g/mol. The molecule has 0 aliphatic carbocycles. The van der Waals surface area contributed by atoms with Crippen molar-refractivity contribution in [2.45, 2.75) is 32.9 Å². The molecule has 1 aromatic carbocycles. The Morgan fingerprint density at radius 3 is 2.97 bits per heavy atom. The molecule has 0 bridgehead atoms. The number of hydrogen-bond donors (Lipinski definition) is 2. The van der Waals surface area contributed by atoms with Crippen molar-refractivity contribution in [3.63, 3.8) is 0 Å². The van der Waals surface area contributed by atoms with Crippen LogP contribution in [-0.4, -0.2) is 31.2 Å². The fourth-order valence-electron chi connectivity index (χ4n) is 3.92. The molecule has 6 nitrogen and oxygen atoms in total. The Morgan fingerprint density at radius 1 is 1.34 bits per heavy atom. The van der Waals surface area contributed by atoms with Crippen molar-refractivity contribution >= 4 is 30.7 Å². The number of carbonyl (C=O) groups excluding carboxylic acids is 1. The Balaban J connectivity index is 0.00000150. The predicted molar refractivity (Wildman–Crippen MR) is 116 cm³/mol. The predicted octanol–water partition coefficient (Wildman–Crippen LogP) is 2.76. The van der Waals surface area contributed by atoms with Crippen LogP contribution in [0.25, 0.3) is 0 Å². The van der Waals surface area contributed by atoms with E-state index in [2.05, 4.69) is 15.6 Å². The van der Waals surface area contributed by atoms with Crippen LogP contribution in [0.3, 0.4) is 0 Å². The van der Waals surface area contributed by atoms with E-state index in [0.717, 1.165) is 47.8 Å². The lowest BCUT2D eigenvalue weighted by molar-refractivity contribution is -0.126. The maximum Gasteiger partial charge on any atom is 0.227 e. The molecule has 2 aliphatic rings. The Kier molecular flexibility index (Phi) is 8.14. The van der Waals surface area contributed by atoms with Crippen molar-refractivity contribution in [2.24, 2.45) is 5.92 Å². The van der Waals surface area contributed by atoms with Crippen LogP contribution in [0.1, 0.15) is 27.9 Å². The number of carbonyl (C=O) groups is 1. The van der Waals surface area contributed by atoms with Crippen LogP contribution in [0.5, 0.6) is 11.5 Å². The van der Waals surface area contributed by atoms with Crippen molar-refractivity contribution in [3.05, 3.63) is 52.3 Å². The van der Waals surface area contributed by atoms with Gasteiger partial charge in [0, 0.05) is 25.0 Å². The summed E-state index contributed by atoms with van der Waals surface area (Å²) in [6.07, 6.45) is 3.58. The quantitative estimate of drug-likeness (QED) is 0.765. The third-order valence-electron chi connectivity index (χ3n) is 5.46. The fraction of sp³-hybridized carbons (Fsp3) is 0.429. The van der Waals surface area contributed by atoms with E-state index in [1.165, 1.54) is 11.1 Å². The van der Waals surface area contributed by atoms with Crippen molar-refractivity contribution < 1.29 is 14.3 Å². The largest absolute Gasteiger partial charge is 0.493 e. The first-order valence-electron chi connectivity index (χ1n) is 9.40. The number of amides is 1. The third kappa shape index (κ3) is 4.77. The highest BCUT2D eigenvalue weighted by atomic mass is 35.5. The monoisotopic (exact) mass is 439 g/mol. The van der Waals surface area contributed by atoms with Gasteiger partial charge in [0.25, 0.3) is 0 Å². The van der Waals surface area contributed by atoms with Gasteiger partial charge < -0.3 is 20.1 Å². The highest BCUT2D eigenvalue weighted by molar-refractivity contribution is 5.85. The molecule has 4 rings (SSSR count). The van der Waals surface area contributed by atoms with Crippen molar-refractivity contribution in [3.8, 4) is 11.5 Å². The van der Waals surface area contributed by atoms with Gasteiger partial charge in [-0.3, -0.25) is 9.78 Å². The summed E-state index contributed by atoms with van der Waals surface area (Å²) in [4.78, 5) is 17.3. The Morgan fingerprint density at radius 2 is 2.17 bits per heavy atom. The van der Waals surface area contributed by atoms with Gasteiger partial charge in [0.05, 0.1) is 13.0 Å². The van der Waals surface area contributed by atoms with E-state index in [1.807, 2.05) is 31.3 Å². The zero-order valence-corrected chi connectivity index (χ0v) is 18.3. The summed E-state index contributed by atoms with van der Waals surface area (Å²) in [5, 5.41) is 6.48. The van der Waals surface area contributed by atoms with Crippen molar-refractivity contribution in [1.82, 2.24) is 15.6 Å². The molecule has 1 amide bonds. The summed E-state index contributed by atoms with van der Waals surface area (Å²) in [6.45, 7) is 4.71. The lowest BCUT2D eigenvalue weighted by atomic mass is 9.94. The van der Waals surface area contributed by atoms with E-state index in [-0.39, 0.29) is 36.6 Å². The van der Waals surface area contributed by atoms with Crippen LogP contribution in [-0.2, 0) is 30.7 Å². The number of pyridine rings is 1. The summed E-state index contributed by atoms with van der Waals surface area (Å²) >= 11 is 0. The number of methoxy groups -OCH3 is 1. The number of ether oxygens (including phenoxy) is 2. The normalized spacial score (nSPS) is 16.8. The second-order valence-electron chi connectivity index (χ2n) is 7.13. The molecule has 1 unspecified atom stereocenters. The summed E-state index contributed by atoms with van der Waals surface area (Å²) < 4.78 is 11.2. The Hall–Kier alpha value is -2.02. The van der Waals surface area contributed by atoms with Crippen LogP contribution in [0.2, 0.25) is 0 Å². The molecule has 2 aliphatic heterocycles. The van der Waals surface area contributed by atoms with Gasteiger partial charge in [-0.05, 0) is 54.6 Å². The molecule has 8 heteroatoms. The second-order valence-corrected chi connectivity index (χ2v) is 7.13. The topological polar surface area (TPSA) is 72.5 Å². The lowest BCUT2D eigenvalue weighted by Gasteiger charge is -2.26. The number of benzene rings is 1. The number of rotatable bonds is 4. The van der Waals surface area contributed by atoms with E-state index >= 15 is 0 Å². The number of aromatic nitrogens is 1. The van der Waals surface area contributed by atoms with Crippen LogP contribution in [0.15, 0.2) is 24.4 Å². The summed E-state index contributed by atoms with van der Waals surface area (Å²) in [7, 11) is 1.63. The zero-order chi connectivity index (χ0) is 18.8. The smallest absolute Gasteiger partial charge is 0.227 e. The van der Waals surface area contributed by atoms with Gasteiger partial charge in [-0.15, -0.1) is 24.8 Å². The number of fused-ring (bicyclic) bond motifs is 2. The number of hydrogen-bond acceptors (Lipinski definition) is 5. The van der Waals surface area contributed by atoms with Gasteiger partial charge in [0.15, 0.2) is 11.5 Å². The molecule has 1 aromatic heterocycles. The Labute approximate surface area is 183 Å². The first kappa shape index (κ1) is 23.3. The minimum Gasteiger partial charge on any atom is -0.493 e. The molecule has 0 fully saturated rings. The Bertz CT molecular complexity index is 876. The molecule has 0 saturated carbocycles. The minimum atomic E-state index is -0.195. The van der Waals surface area contributed by atoms with Crippen molar-refractivity contribution in [1.29, 1.82) is 0 Å². The molecule has 1 atom stereocenters. The van der Waals surface area contributed by atoms with Crippen LogP contribution < -0.4 is 20.1 Å². The molecule has 0 radical (unpaired) electrons. The minimum absolute atomic E-state index is 0. The number of halogens is 2. The number of nitrogens with one attached hydrogen (secondary N) is 2. The molecule has 158 valence electrons.